The van der Waals surface area contributed by atoms with Gasteiger partial charge in [0.25, 0.3) is 0 Å². The highest BCUT2D eigenvalue weighted by molar-refractivity contribution is 7.91. The molecule has 2 rings (SSSR count). The Morgan fingerprint density at radius 1 is 1.36 bits per heavy atom. The molecule has 0 bridgehead atoms. The molecule has 0 radical (unpaired) electrons. The summed E-state index contributed by atoms with van der Waals surface area (Å²) in [6.07, 6.45) is 5.20. The van der Waals surface area contributed by atoms with Crippen molar-refractivity contribution in [1.29, 1.82) is 0 Å². The molecule has 2 atom stereocenters. The minimum atomic E-state index is -3.16. The summed E-state index contributed by atoms with van der Waals surface area (Å²) in [7, 11) is -3.16. The minimum absolute atomic E-state index is 0.324. The fraction of sp³-hybridized carbons (Fsp3) is 0.714. The SMILES string of the molecule is CCc1nc(NC(=O)N[C@@H]2CCCC[C@H]2S(C)(=O)=O)sc1C. The maximum atomic E-state index is 12.1. The molecule has 0 aromatic carbocycles. The zero-order valence-corrected chi connectivity index (χ0v) is 14.8. The van der Waals surface area contributed by atoms with Gasteiger partial charge in [0, 0.05) is 17.2 Å². The van der Waals surface area contributed by atoms with Gasteiger partial charge < -0.3 is 5.32 Å². The predicted octanol–water partition coefficient (Wildman–Crippen LogP) is 2.49. The molecule has 22 heavy (non-hydrogen) atoms. The third-order valence-electron chi connectivity index (χ3n) is 4.02. The van der Waals surface area contributed by atoms with E-state index in [1.165, 1.54) is 17.6 Å². The van der Waals surface area contributed by atoms with Crippen LogP contribution >= 0.6 is 11.3 Å². The van der Waals surface area contributed by atoms with Crippen molar-refractivity contribution in [2.24, 2.45) is 0 Å². The smallest absolute Gasteiger partial charge is 0.321 e. The number of nitrogens with one attached hydrogen (secondary N) is 2. The van der Waals surface area contributed by atoms with Gasteiger partial charge in [0.15, 0.2) is 15.0 Å². The summed E-state index contributed by atoms with van der Waals surface area (Å²) >= 11 is 1.43. The Labute approximate surface area is 135 Å². The Morgan fingerprint density at radius 3 is 2.64 bits per heavy atom. The van der Waals surface area contributed by atoms with E-state index in [-0.39, 0.29) is 12.1 Å². The average Bonchev–Trinajstić information content (AvgIpc) is 2.77. The molecule has 8 heteroatoms. The molecule has 6 nitrogen and oxygen atoms in total. The van der Waals surface area contributed by atoms with Crippen molar-refractivity contribution in [2.75, 3.05) is 11.6 Å². The number of anilines is 1. The number of urea groups is 1. The van der Waals surface area contributed by atoms with Crippen LogP contribution in [0.3, 0.4) is 0 Å². The van der Waals surface area contributed by atoms with Crippen LogP contribution in [0.25, 0.3) is 0 Å². The normalized spacial score (nSPS) is 22.3. The van der Waals surface area contributed by atoms with Crippen LogP contribution in [0.15, 0.2) is 0 Å². The number of hydrogen-bond donors (Lipinski definition) is 2. The predicted molar refractivity (Wildman–Crippen MR) is 89.3 cm³/mol. The summed E-state index contributed by atoms with van der Waals surface area (Å²) in [6.45, 7) is 3.99. The summed E-state index contributed by atoms with van der Waals surface area (Å²) in [4.78, 5) is 17.6. The van der Waals surface area contributed by atoms with Crippen molar-refractivity contribution in [2.45, 2.75) is 57.2 Å². The number of hydrogen-bond acceptors (Lipinski definition) is 5. The summed E-state index contributed by atoms with van der Waals surface area (Å²) in [5.41, 5.74) is 0.979. The summed E-state index contributed by atoms with van der Waals surface area (Å²) in [5, 5.41) is 5.59. The minimum Gasteiger partial charge on any atom is -0.334 e. The molecule has 2 N–H and O–H groups in total. The van der Waals surface area contributed by atoms with Crippen molar-refractivity contribution in [3.63, 3.8) is 0 Å². The zero-order valence-electron chi connectivity index (χ0n) is 13.2. The van der Waals surface area contributed by atoms with Crippen LogP contribution in [0, 0.1) is 6.92 Å². The molecular weight excluding hydrogens is 322 g/mol. The first-order valence-corrected chi connectivity index (χ1v) is 10.3. The van der Waals surface area contributed by atoms with Crippen LogP contribution in [0.5, 0.6) is 0 Å². The van der Waals surface area contributed by atoms with Gasteiger partial charge in [0.05, 0.1) is 10.9 Å². The summed E-state index contributed by atoms with van der Waals surface area (Å²) < 4.78 is 23.7. The molecule has 1 fully saturated rings. The van der Waals surface area contributed by atoms with E-state index in [2.05, 4.69) is 15.6 Å². The van der Waals surface area contributed by atoms with Gasteiger partial charge in [-0.25, -0.2) is 18.2 Å². The van der Waals surface area contributed by atoms with Crippen molar-refractivity contribution < 1.29 is 13.2 Å². The lowest BCUT2D eigenvalue weighted by Crippen LogP contribution is -2.49. The van der Waals surface area contributed by atoms with Crippen molar-refractivity contribution in [3.8, 4) is 0 Å². The van der Waals surface area contributed by atoms with Crippen molar-refractivity contribution in [3.05, 3.63) is 10.6 Å². The monoisotopic (exact) mass is 345 g/mol. The molecule has 1 heterocycles. The van der Waals surface area contributed by atoms with Crippen LogP contribution < -0.4 is 10.6 Å². The maximum absolute atomic E-state index is 12.1. The first-order chi connectivity index (χ1) is 10.3. The van der Waals surface area contributed by atoms with E-state index >= 15 is 0 Å². The Hall–Kier alpha value is -1.15. The van der Waals surface area contributed by atoms with E-state index in [1.54, 1.807) is 0 Å². The number of thiazole rings is 1. The molecule has 2 amide bonds. The molecule has 1 aliphatic rings. The average molecular weight is 345 g/mol. The lowest BCUT2D eigenvalue weighted by atomic mass is 9.95. The fourth-order valence-electron chi connectivity index (χ4n) is 2.89. The number of rotatable bonds is 4. The van der Waals surface area contributed by atoms with Gasteiger partial charge in [0.1, 0.15) is 0 Å². The second kappa shape index (κ2) is 6.95. The van der Waals surface area contributed by atoms with E-state index < -0.39 is 15.1 Å². The van der Waals surface area contributed by atoms with E-state index in [0.717, 1.165) is 29.8 Å². The number of aryl methyl sites for hydroxylation is 2. The molecule has 1 saturated carbocycles. The molecule has 1 aromatic heterocycles. The number of carbonyl (C=O) groups is 1. The maximum Gasteiger partial charge on any atom is 0.321 e. The second-order valence-electron chi connectivity index (χ2n) is 5.73. The van der Waals surface area contributed by atoms with Crippen LogP contribution in [-0.2, 0) is 16.3 Å². The topological polar surface area (TPSA) is 88.2 Å². The Morgan fingerprint density at radius 2 is 2.05 bits per heavy atom. The van der Waals surface area contributed by atoms with Gasteiger partial charge in [-0.15, -0.1) is 11.3 Å². The van der Waals surface area contributed by atoms with Crippen LogP contribution in [0.2, 0.25) is 0 Å². The van der Waals surface area contributed by atoms with Gasteiger partial charge in [-0.3, -0.25) is 5.32 Å². The second-order valence-corrected chi connectivity index (χ2v) is 9.20. The molecule has 0 saturated heterocycles. The van der Waals surface area contributed by atoms with E-state index in [0.29, 0.717) is 18.0 Å². The van der Waals surface area contributed by atoms with Gasteiger partial charge >= 0.3 is 6.03 Å². The number of sulfone groups is 1. The van der Waals surface area contributed by atoms with Gasteiger partial charge in [-0.2, -0.15) is 0 Å². The molecular formula is C14H23N3O3S2. The van der Waals surface area contributed by atoms with Crippen molar-refractivity contribution >= 4 is 32.3 Å². The Balaban J connectivity index is 2.00. The highest BCUT2D eigenvalue weighted by Gasteiger charge is 2.33. The highest BCUT2D eigenvalue weighted by atomic mass is 32.2. The number of carbonyl (C=O) groups excluding carboxylic acids is 1. The van der Waals surface area contributed by atoms with Crippen LogP contribution in [0.1, 0.15) is 43.2 Å². The molecule has 1 aromatic rings. The summed E-state index contributed by atoms with van der Waals surface area (Å²) in [5.74, 6) is 0. The largest absolute Gasteiger partial charge is 0.334 e. The first kappa shape index (κ1) is 17.2. The lowest BCUT2D eigenvalue weighted by Gasteiger charge is -2.30. The van der Waals surface area contributed by atoms with E-state index in [9.17, 15) is 13.2 Å². The first-order valence-electron chi connectivity index (χ1n) is 7.54. The third kappa shape index (κ3) is 4.19. The van der Waals surface area contributed by atoms with Gasteiger partial charge in [-0.05, 0) is 26.2 Å². The molecule has 0 spiro atoms. The zero-order chi connectivity index (χ0) is 16.3. The van der Waals surface area contributed by atoms with Crippen molar-refractivity contribution in [1.82, 2.24) is 10.3 Å². The van der Waals surface area contributed by atoms with Gasteiger partial charge in [-0.1, -0.05) is 19.8 Å². The summed E-state index contributed by atoms with van der Waals surface area (Å²) in [6, 6.07) is -0.701. The van der Waals surface area contributed by atoms with Crippen LogP contribution in [0.4, 0.5) is 9.93 Å². The standard InChI is InChI=1S/C14H23N3O3S2/c1-4-10-9(2)21-14(16-10)17-13(18)15-11-7-5-6-8-12(11)22(3,19)20/h11-12H,4-8H2,1-3H3,(H2,15,16,17,18)/t11-,12-/m1/s1. The highest BCUT2D eigenvalue weighted by Crippen LogP contribution is 2.25. The van der Waals surface area contributed by atoms with Crippen LogP contribution in [-0.4, -0.2) is 37.0 Å². The molecule has 0 unspecified atom stereocenters. The Kier molecular flexibility index (Phi) is 5.44. The number of nitrogens with zero attached hydrogens (tertiary/aromatic N) is 1. The fourth-order valence-corrected chi connectivity index (χ4v) is 5.18. The lowest BCUT2D eigenvalue weighted by molar-refractivity contribution is 0.244. The Bertz CT molecular complexity index is 640. The van der Waals surface area contributed by atoms with E-state index in [1.807, 2.05) is 13.8 Å². The molecule has 1 aliphatic carbocycles. The molecule has 124 valence electrons. The third-order valence-corrected chi connectivity index (χ3v) is 6.61. The number of amides is 2. The number of aromatic nitrogens is 1. The van der Waals surface area contributed by atoms with Gasteiger partial charge in [0.2, 0.25) is 0 Å². The quantitative estimate of drug-likeness (QED) is 0.877. The van der Waals surface area contributed by atoms with E-state index in [4.69, 9.17) is 0 Å². The molecule has 0 aliphatic heterocycles.